The number of hydrogen-bond donors (Lipinski definition) is 1. The maximum atomic E-state index is 12.0. The number of sulfonamides is 1. The summed E-state index contributed by atoms with van der Waals surface area (Å²) in [6.07, 6.45) is 2.91. The summed E-state index contributed by atoms with van der Waals surface area (Å²) in [4.78, 5) is 12.0. The molecule has 0 unspecified atom stereocenters. The molecule has 1 atom stereocenters. The van der Waals surface area contributed by atoms with Crippen molar-refractivity contribution in [3.63, 3.8) is 0 Å². The maximum Gasteiger partial charge on any atom is 0.240 e. The molecule has 0 aromatic heterocycles. The van der Waals surface area contributed by atoms with Crippen LogP contribution in [0.4, 0.5) is 5.69 Å². The smallest absolute Gasteiger partial charge is 0.240 e. The van der Waals surface area contributed by atoms with E-state index >= 15 is 0 Å². The number of hydrogen-bond acceptors (Lipinski definition) is 3. The lowest BCUT2D eigenvalue weighted by molar-refractivity contribution is -0.120. The van der Waals surface area contributed by atoms with Crippen LogP contribution in [0.3, 0.4) is 0 Å². The van der Waals surface area contributed by atoms with Gasteiger partial charge >= 0.3 is 0 Å². The molecule has 1 amide bonds. The monoisotopic (exact) mass is 376 g/mol. The largest absolute Gasteiger partial charge is 0.352 e. The van der Waals surface area contributed by atoms with Gasteiger partial charge in [-0.25, -0.2) is 8.42 Å². The van der Waals surface area contributed by atoms with Gasteiger partial charge in [0.05, 0.1) is 11.9 Å². The number of nitrogens with zero attached hydrogens (tertiary/aromatic N) is 1. The molecule has 5 nitrogen and oxygen atoms in total. The van der Waals surface area contributed by atoms with Crippen molar-refractivity contribution < 1.29 is 13.2 Å². The molecule has 118 valence electrons. The van der Waals surface area contributed by atoms with Crippen LogP contribution in [-0.4, -0.2) is 33.2 Å². The first-order chi connectivity index (χ1) is 9.75. The minimum Gasteiger partial charge on any atom is -0.352 e. The first kappa shape index (κ1) is 18.0. The van der Waals surface area contributed by atoms with Crippen LogP contribution in [0.2, 0.25) is 0 Å². The fourth-order valence-corrected chi connectivity index (χ4v) is 3.48. The third-order valence-corrected chi connectivity index (χ3v) is 4.73. The van der Waals surface area contributed by atoms with E-state index in [0.29, 0.717) is 10.2 Å². The highest BCUT2D eigenvalue weighted by Gasteiger charge is 2.23. The van der Waals surface area contributed by atoms with Gasteiger partial charge in [0.25, 0.3) is 0 Å². The highest BCUT2D eigenvalue weighted by atomic mass is 79.9. The highest BCUT2D eigenvalue weighted by Crippen LogP contribution is 2.27. The Morgan fingerprint density at radius 1 is 1.38 bits per heavy atom. The Kier molecular flexibility index (Phi) is 6.67. The number of rotatable bonds is 7. The molecule has 1 aromatic carbocycles. The van der Waals surface area contributed by atoms with Crippen LogP contribution in [0.5, 0.6) is 0 Å². The molecule has 0 heterocycles. The van der Waals surface area contributed by atoms with Gasteiger partial charge in [0.1, 0.15) is 6.54 Å². The Balaban J connectivity index is 2.92. The van der Waals surface area contributed by atoms with Crippen LogP contribution >= 0.6 is 15.9 Å². The molecule has 0 saturated carbocycles. The van der Waals surface area contributed by atoms with Crippen molar-refractivity contribution in [3.8, 4) is 0 Å². The number of anilines is 1. The summed E-state index contributed by atoms with van der Waals surface area (Å²) in [6, 6.07) is 6.95. The van der Waals surface area contributed by atoms with Gasteiger partial charge in [-0.05, 0) is 41.4 Å². The van der Waals surface area contributed by atoms with E-state index in [9.17, 15) is 13.2 Å². The molecule has 0 fully saturated rings. The summed E-state index contributed by atoms with van der Waals surface area (Å²) in [5.41, 5.74) is 0.457. The maximum absolute atomic E-state index is 12.0. The quantitative estimate of drug-likeness (QED) is 0.794. The fraction of sp³-hybridized carbons (Fsp3) is 0.500. The van der Waals surface area contributed by atoms with Gasteiger partial charge in [-0.1, -0.05) is 25.5 Å². The second-order valence-electron chi connectivity index (χ2n) is 4.98. The van der Waals surface area contributed by atoms with Crippen molar-refractivity contribution in [2.24, 2.45) is 0 Å². The van der Waals surface area contributed by atoms with E-state index in [1.54, 1.807) is 24.3 Å². The van der Waals surface area contributed by atoms with Crippen molar-refractivity contribution in [2.45, 2.75) is 32.7 Å². The molecular formula is C14H21BrN2O3S. The average Bonchev–Trinajstić information content (AvgIpc) is 2.36. The summed E-state index contributed by atoms with van der Waals surface area (Å²) in [6.45, 7) is 3.71. The van der Waals surface area contributed by atoms with E-state index in [2.05, 4.69) is 21.2 Å². The van der Waals surface area contributed by atoms with Gasteiger partial charge in [-0.15, -0.1) is 0 Å². The SMILES string of the molecule is CCC[C@H](C)NC(=O)CN(c1ccccc1Br)S(C)(=O)=O. The van der Waals surface area contributed by atoms with Crippen molar-refractivity contribution in [3.05, 3.63) is 28.7 Å². The fourth-order valence-electron chi connectivity index (χ4n) is 1.99. The van der Waals surface area contributed by atoms with E-state index in [1.807, 2.05) is 13.8 Å². The average molecular weight is 377 g/mol. The van der Waals surface area contributed by atoms with Gasteiger partial charge in [0.2, 0.25) is 15.9 Å². The predicted octanol–water partition coefficient (Wildman–Crippen LogP) is 2.52. The lowest BCUT2D eigenvalue weighted by Gasteiger charge is -2.24. The van der Waals surface area contributed by atoms with E-state index in [-0.39, 0.29) is 18.5 Å². The number of benzene rings is 1. The molecule has 0 aliphatic rings. The Morgan fingerprint density at radius 2 is 2.00 bits per heavy atom. The second-order valence-corrected chi connectivity index (χ2v) is 7.74. The van der Waals surface area contributed by atoms with E-state index in [1.165, 1.54) is 0 Å². The summed E-state index contributed by atoms with van der Waals surface area (Å²) < 4.78 is 25.6. The van der Waals surface area contributed by atoms with Crippen LogP contribution in [-0.2, 0) is 14.8 Å². The molecule has 21 heavy (non-hydrogen) atoms. The molecule has 0 spiro atoms. The van der Waals surface area contributed by atoms with Gasteiger partial charge in [0, 0.05) is 10.5 Å². The predicted molar refractivity (Wildman–Crippen MR) is 88.8 cm³/mol. The molecule has 0 saturated heterocycles. The second kappa shape index (κ2) is 7.79. The molecule has 0 aliphatic heterocycles. The molecular weight excluding hydrogens is 356 g/mol. The zero-order valence-corrected chi connectivity index (χ0v) is 14.9. The first-order valence-corrected chi connectivity index (χ1v) is 9.41. The normalized spacial score (nSPS) is 12.8. The summed E-state index contributed by atoms with van der Waals surface area (Å²) >= 11 is 3.32. The molecule has 0 radical (unpaired) electrons. The number of halogens is 1. The highest BCUT2D eigenvalue weighted by molar-refractivity contribution is 9.10. The summed E-state index contributed by atoms with van der Waals surface area (Å²) in [5.74, 6) is -0.308. The van der Waals surface area contributed by atoms with Crippen LogP contribution in [0.25, 0.3) is 0 Å². The van der Waals surface area contributed by atoms with Gasteiger partial charge in [0.15, 0.2) is 0 Å². The first-order valence-electron chi connectivity index (χ1n) is 6.77. The Morgan fingerprint density at radius 3 is 2.52 bits per heavy atom. The van der Waals surface area contributed by atoms with Gasteiger partial charge < -0.3 is 5.32 Å². The standard InChI is InChI=1S/C14H21BrN2O3S/c1-4-7-11(2)16-14(18)10-17(21(3,19)20)13-9-6-5-8-12(13)15/h5-6,8-9,11H,4,7,10H2,1-3H3,(H,16,18)/t11-/m0/s1. The lowest BCUT2D eigenvalue weighted by Crippen LogP contribution is -2.43. The number of para-hydroxylation sites is 1. The van der Waals surface area contributed by atoms with Crippen LogP contribution < -0.4 is 9.62 Å². The minimum atomic E-state index is -3.54. The third kappa shape index (κ3) is 5.67. The Hall–Kier alpha value is -1.08. The van der Waals surface area contributed by atoms with Crippen LogP contribution in [0, 0.1) is 0 Å². The number of carbonyl (C=O) groups excluding carboxylic acids is 1. The molecule has 0 aliphatic carbocycles. The van der Waals surface area contributed by atoms with E-state index in [4.69, 9.17) is 0 Å². The zero-order chi connectivity index (χ0) is 16.0. The molecule has 0 bridgehead atoms. The Bertz CT molecular complexity index is 590. The van der Waals surface area contributed by atoms with Gasteiger partial charge in [-0.3, -0.25) is 9.10 Å². The van der Waals surface area contributed by atoms with Crippen molar-refractivity contribution >= 4 is 37.5 Å². The van der Waals surface area contributed by atoms with Crippen molar-refractivity contribution in [2.75, 3.05) is 17.1 Å². The van der Waals surface area contributed by atoms with E-state index < -0.39 is 10.0 Å². The van der Waals surface area contributed by atoms with Crippen LogP contribution in [0.1, 0.15) is 26.7 Å². The van der Waals surface area contributed by atoms with E-state index in [0.717, 1.165) is 23.4 Å². The Labute approximate surface area is 134 Å². The summed E-state index contributed by atoms with van der Waals surface area (Å²) in [5, 5.41) is 2.81. The lowest BCUT2D eigenvalue weighted by atomic mass is 10.2. The van der Waals surface area contributed by atoms with Crippen molar-refractivity contribution in [1.82, 2.24) is 5.32 Å². The minimum absolute atomic E-state index is 0.0307. The zero-order valence-electron chi connectivity index (χ0n) is 12.5. The molecule has 1 rings (SSSR count). The van der Waals surface area contributed by atoms with Crippen LogP contribution in [0.15, 0.2) is 28.7 Å². The third-order valence-electron chi connectivity index (χ3n) is 2.94. The topological polar surface area (TPSA) is 66.5 Å². The molecule has 7 heteroatoms. The molecule has 1 N–H and O–H groups in total. The van der Waals surface area contributed by atoms with Crippen molar-refractivity contribution in [1.29, 1.82) is 0 Å². The number of carbonyl (C=O) groups is 1. The number of nitrogens with one attached hydrogen (secondary N) is 1. The number of amides is 1. The van der Waals surface area contributed by atoms with Gasteiger partial charge in [-0.2, -0.15) is 0 Å². The summed E-state index contributed by atoms with van der Waals surface area (Å²) in [7, 11) is -3.54. The molecule has 1 aromatic rings.